The molecule has 2 aromatic rings. The summed E-state index contributed by atoms with van der Waals surface area (Å²) in [5.74, 6) is 1.62. The Hall–Kier alpha value is -2.73. The van der Waals surface area contributed by atoms with E-state index >= 15 is 0 Å². The number of amides is 1. The van der Waals surface area contributed by atoms with Crippen molar-refractivity contribution in [2.45, 2.75) is 19.9 Å². The molecule has 2 heterocycles. The van der Waals surface area contributed by atoms with Crippen LogP contribution < -0.4 is 24.6 Å². The molecule has 2 aliphatic rings. The zero-order valence-electron chi connectivity index (χ0n) is 17.2. The molecule has 2 aliphatic heterocycles. The Morgan fingerprint density at radius 2 is 1.83 bits per heavy atom. The number of ether oxygens (including phenoxy) is 2. The minimum Gasteiger partial charge on any atom is -0.486 e. The Balaban J connectivity index is 1.27. The maximum atomic E-state index is 12.6. The molecule has 0 unspecified atom stereocenters. The Morgan fingerprint density at radius 1 is 1.10 bits per heavy atom. The number of quaternary nitrogens is 1. The summed E-state index contributed by atoms with van der Waals surface area (Å²) < 4.78 is 11.2. The Morgan fingerprint density at radius 3 is 2.59 bits per heavy atom. The molecule has 1 saturated heterocycles. The van der Waals surface area contributed by atoms with E-state index in [0.29, 0.717) is 19.8 Å². The van der Waals surface area contributed by atoms with Crippen molar-refractivity contribution in [3.63, 3.8) is 0 Å². The van der Waals surface area contributed by atoms with Crippen molar-refractivity contribution >= 4 is 11.6 Å². The number of aryl methyl sites for hydroxylation is 1. The SMILES string of the molecule is Cc1ccccc1N1CC[NH+](CC(=O)N[C@@H](C)c2ccc3c(c2)OCCO3)CC1. The fraction of sp³-hybridized carbons (Fsp3) is 0.435. The van der Waals surface area contributed by atoms with Crippen LogP contribution in [0.15, 0.2) is 42.5 Å². The molecule has 0 saturated carbocycles. The first-order chi connectivity index (χ1) is 14.1. The van der Waals surface area contributed by atoms with E-state index in [9.17, 15) is 4.79 Å². The fourth-order valence-electron chi connectivity index (χ4n) is 4.09. The lowest BCUT2D eigenvalue weighted by Crippen LogP contribution is -3.16. The van der Waals surface area contributed by atoms with E-state index in [0.717, 1.165) is 43.2 Å². The maximum absolute atomic E-state index is 12.6. The van der Waals surface area contributed by atoms with Gasteiger partial charge in [0.1, 0.15) is 13.2 Å². The molecule has 1 atom stereocenters. The maximum Gasteiger partial charge on any atom is 0.275 e. The third-order valence-electron chi connectivity index (χ3n) is 5.78. The van der Waals surface area contributed by atoms with E-state index in [1.807, 2.05) is 25.1 Å². The van der Waals surface area contributed by atoms with Crippen LogP contribution in [0.5, 0.6) is 11.5 Å². The molecule has 154 valence electrons. The molecule has 0 bridgehead atoms. The van der Waals surface area contributed by atoms with Crippen LogP contribution in [0, 0.1) is 6.92 Å². The van der Waals surface area contributed by atoms with Crippen LogP contribution in [-0.2, 0) is 4.79 Å². The second-order valence-corrected chi connectivity index (χ2v) is 7.89. The van der Waals surface area contributed by atoms with Crippen molar-refractivity contribution in [3.8, 4) is 11.5 Å². The number of rotatable bonds is 5. The summed E-state index contributed by atoms with van der Waals surface area (Å²) in [6.45, 7) is 9.72. The third-order valence-corrected chi connectivity index (χ3v) is 5.78. The van der Waals surface area contributed by atoms with Gasteiger partial charge in [-0.25, -0.2) is 0 Å². The van der Waals surface area contributed by atoms with Gasteiger partial charge in [0.2, 0.25) is 0 Å². The second kappa shape index (κ2) is 8.74. The number of anilines is 1. The largest absolute Gasteiger partial charge is 0.486 e. The first kappa shape index (κ1) is 19.6. The Bertz CT molecular complexity index is 862. The summed E-state index contributed by atoms with van der Waals surface area (Å²) in [5, 5.41) is 3.13. The number of piperazine rings is 1. The minimum atomic E-state index is -0.0639. The number of carbonyl (C=O) groups is 1. The molecule has 4 rings (SSSR count). The Kier molecular flexibility index (Phi) is 5.90. The van der Waals surface area contributed by atoms with Crippen molar-refractivity contribution in [3.05, 3.63) is 53.6 Å². The molecule has 0 spiro atoms. The van der Waals surface area contributed by atoms with Crippen LogP contribution in [0.25, 0.3) is 0 Å². The van der Waals surface area contributed by atoms with Gasteiger partial charge in [0.05, 0.1) is 32.2 Å². The van der Waals surface area contributed by atoms with Crippen molar-refractivity contribution in [1.29, 1.82) is 0 Å². The van der Waals surface area contributed by atoms with Gasteiger partial charge in [-0.2, -0.15) is 0 Å². The zero-order valence-corrected chi connectivity index (χ0v) is 17.2. The van der Waals surface area contributed by atoms with Crippen LogP contribution in [0.4, 0.5) is 5.69 Å². The minimum absolute atomic E-state index is 0.0639. The summed E-state index contributed by atoms with van der Waals surface area (Å²) in [5.41, 5.74) is 3.65. The monoisotopic (exact) mass is 396 g/mol. The lowest BCUT2D eigenvalue weighted by atomic mass is 10.1. The van der Waals surface area contributed by atoms with E-state index in [1.54, 1.807) is 0 Å². The predicted molar refractivity (Wildman–Crippen MR) is 113 cm³/mol. The van der Waals surface area contributed by atoms with Gasteiger partial charge in [0, 0.05) is 5.69 Å². The quantitative estimate of drug-likeness (QED) is 0.801. The molecule has 2 aromatic carbocycles. The van der Waals surface area contributed by atoms with Gasteiger partial charge in [-0.3, -0.25) is 4.79 Å². The molecule has 1 amide bonds. The zero-order chi connectivity index (χ0) is 20.2. The highest BCUT2D eigenvalue weighted by Crippen LogP contribution is 2.32. The Labute approximate surface area is 172 Å². The van der Waals surface area contributed by atoms with Crippen molar-refractivity contribution in [2.75, 3.05) is 50.8 Å². The number of para-hydroxylation sites is 1. The van der Waals surface area contributed by atoms with Crippen molar-refractivity contribution in [1.82, 2.24) is 5.32 Å². The van der Waals surface area contributed by atoms with Gasteiger partial charge >= 0.3 is 0 Å². The van der Waals surface area contributed by atoms with Gasteiger partial charge < -0.3 is 24.6 Å². The number of nitrogens with zero attached hydrogens (tertiary/aromatic N) is 1. The first-order valence-corrected chi connectivity index (χ1v) is 10.4. The van der Waals surface area contributed by atoms with Gasteiger partial charge in [-0.05, 0) is 43.2 Å². The summed E-state index contributed by atoms with van der Waals surface area (Å²) in [7, 11) is 0. The average Bonchev–Trinajstić information content (AvgIpc) is 2.74. The number of hydrogen-bond acceptors (Lipinski definition) is 4. The van der Waals surface area contributed by atoms with Crippen LogP contribution in [0.2, 0.25) is 0 Å². The highest BCUT2D eigenvalue weighted by atomic mass is 16.6. The smallest absolute Gasteiger partial charge is 0.275 e. The number of fused-ring (bicyclic) bond motifs is 1. The number of carbonyl (C=O) groups excluding carboxylic acids is 1. The van der Waals surface area contributed by atoms with Gasteiger partial charge in [-0.1, -0.05) is 24.3 Å². The number of nitrogens with one attached hydrogen (secondary N) is 2. The first-order valence-electron chi connectivity index (χ1n) is 10.4. The van der Waals surface area contributed by atoms with E-state index in [-0.39, 0.29) is 11.9 Å². The molecule has 0 aliphatic carbocycles. The lowest BCUT2D eigenvalue weighted by molar-refractivity contribution is -0.892. The molecule has 1 fully saturated rings. The van der Waals surface area contributed by atoms with Crippen LogP contribution in [-0.4, -0.2) is 51.8 Å². The molecule has 0 radical (unpaired) electrons. The summed E-state index contributed by atoms with van der Waals surface area (Å²) >= 11 is 0. The van der Waals surface area contributed by atoms with Gasteiger partial charge in [-0.15, -0.1) is 0 Å². The third kappa shape index (κ3) is 4.65. The summed E-state index contributed by atoms with van der Waals surface area (Å²) in [6, 6.07) is 14.3. The summed E-state index contributed by atoms with van der Waals surface area (Å²) in [4.78, 5) is 16.3. The van der Waals surface area contributed by atoms with E-state index in [2.05, 4.69) is 41.4 Å². The van der Waals surface area contributed by atoms with Crippen molar-refractivity contribution < 1.29 is 19.2 Å². The van der Waals surface area contributed by atoms with Crippen LogP contribution in [0.1, 0.15) is 24.1 Å². The van der Waals surface area contributed by atoms with Crippen LogP contribution >= 0.6 is 0 Å². The standard InChI is InChI=1S/C23H29N3O3/c1-17-5-3-4-6-20(17)26-11-9-25(10-12-26)16-23(27)24-18(2)19-7-8-21-22(15-19)29-14-13-28-21/h3-8,15,18H,9-14,16H2,1-2H3,(H,24,27)/p+1/t18-/m0/s1. The van der Waals surface area contributed by atoms with E-state index in [4.69, 9.17) is 9.47 Å². The molecule has 29 heavy (non-hydrogen) atoms. The fourth-order valence-corrected chi connectivity index (χ4v) is 4.09. The molecule has 6 nitrogen and oxygen atoms in total. The topological polar surface area (TPSA) is 55.2 Å². The molecule has 6 heteroatoms. The number of hydrogen-bond donors (Lipinski definition) is 2. The molecule has 2 N–H and O–H groups in total. The summed E-state index contributed by atoms with van der Waals surface area (Å²) in [6.07, 6.45) is 0. The van der Waals surface area contributed by atoms with Crippen LogP contribution in [0.3, 0.4) is 0 Å². The highest BCUT2D eigenvalue weighted by molar-refractivity contribution is 5.77. The van der Waals surface area contributed by atoms with Gasteiger partial charge in [0.15, 0.2) is 18.0 Å². The highest BCUT2D eigenvalue weighted by Gasteiger charge is 2.24. The van der Waals surface area contributed by atoms with E-state index < -0.39 is 0 Å². The average molecular weight is 397 g/mol. The normalized spacial score (nSPS) is 17.7. The molecule has 0 aromatic heterocycles. The van der Waals surface area contributed by atoms with E-state index in [1.165, 1.54) is 16.2 Å². The van der Waals surface area contributed by atoms with Gasteiger partial charge in [0.25, 0.3) is 5.91 Å². The molecular formula is C23H30N3O3+. The number of benzene rings is 2. The lowest BCUT2D eigenvalue weighted by Gasteiger charge is -2.34. The molecular weight excluding hydrogens is 366 g/mol. The predicted octanol–water partition coefficient (Wildman–Crippen LogP) is 1.35. The van der Waals surface area contributed by atoms with Crippen molar-refractivity contribution in [2.24, 2.45) is 0 Å². The second-order valence-electron chi connectivity index (χ2n) is 7.89.